The zero-order chi connectivity index (χ0) is 16.5. The predicted molar refractivity (Wildman–Crippen MR) is 91.0 cm³/mol. The lowest BCUT2D eigenvalue weighted by molar-refractivity contribution is 0.0950. The zero-order valence-electron chi connectivity index (χ0n) is 13.7. The van der Waals surface area contributed by atoms with E-state index in [9.17, 15) is 4.79 Å². The molecule has 0 saturated carbocycles. The fourth-order valence-corrected chi connectivity index (χ4v) is 2.15. The van der Waals surface area contributed by atoms with Crippen molar-refractivity contribution < 1.29 is 14.3 Å². The van der Waals surface area contributed by atoms with Gasteiger partial charge < -0.3 is 14.8 Å². The number of hydrogen-bond acceptors (Lipinski definition) is 3. The number of carbonyl (C=O) groups is 1. The second-order valence-electron chi connectivity index (χ2n) is 5.10. The fourth-order valence-electron chi connectivity index (χ4n) is 2.15. The maximum Gasteiger partial charge on any atom is 0.251 e. The third kappa shape index (κ3) is 5.02. The molecule has 23 heavy (non-hydrogen) atoms. The molecule has 122 valence electrons. The minimum Gasteiger partial charge on any atom is -0.494 e. The predicted octanol–water partition coefficient (Wildman–Crippen LogP) is 3.80. The number of benzene rings is 2. The van der Waals surface area contributed by atoms with Gasteiger partial charge in [-0.25, -0.2) is 0 Å². The smallest absolute Gasteiger partial charge is 0.251 e. The Morgan fingerprint density at radius 1 is 1.00 bits per heavy atom. The molecule has 0 spiro atoms. The van der Waals surface area contributed by atoms with Crippen molar-refractivity contribution >= 4 is 5.91 Å². The Morgan fingerprint density at radius 2 is 1.74 bits per heavy atom. The van der Waals surface area contributed by atoms with Crippen molar-refractivity contribution in [3.63, 3.8) is 0 Å². The summed E-state index contributed by atoms with van der Waals surface area (Å²) < 4.78 is 11.1. The Morgan fingerprint density at radius 3 is 2.43 bits per heavy atom. The molecule has 2 rings (SSSR count). The van der Waals surface area contributed by atoms with E-state index in [4.69, 9.17) is 9.47 Å². The van der Waals surface area contributed by atoms with Crippen LogP contribution in [0.2, 0.25) is 0 Å². The molecule has 0 aliphatic carbocycles. The first-order valence-corrected chi connectivity index (χ1v) is 7.96. The van der Waals surface area contributed by atoms with Crippen LogP contribution in [0.5, 0.6) is 11.5 Å². The second-order valence-corrected chi connectivity index (χ2v) is 5.10. The first kappa shape index (κ1) is 16.9. The van der Waals surface area contributed by atoms with Gasteiger partial charge in [0.15, 0.2) is 0 Å². The first-order valence-electron chi connectivity index (χ1n) is 7.96. The van der Waals surface area contributed by atoms with Gasteiger partial charge >= 0.3 is 0 Å². The van der Waals surface area contributed by atoms with Crippen molar-refractivity contribution in [1.82, 2.24) is 5.32 Å². The standard InChI is InChI=1S/C19H23NO3/c1-3-13-23-17-11-9-15(10-12-17)19(21)20-14-16-7-5-6-8-18(16)22-4-2/h5-12H,3-4,13-14H2,1-2H3,(H,20,21). The topological polar surface area (TPSA) is 47.6 Å². The van der Waals surface area contributed by atoms with Crippen molar-refractivity contribution in [3.8, 4) is 11.5 Å². The molecular formula is C19H23NO3. The third-order valence-corrected chi connectivity index (χ3v) is 3.30. The molecule has 0 bridgehead atoms. The van der Waals surface area contributed by atoms with E-state index < -0.39 is 0 Å². The van der Waals surface area contributed by atoms with Gasteiger partial charge in [0.05, 0.1) is 13.2 Å². The summed E-state index contributed by atoms with van der Waals surface area (Å²) in [6.45, 7) is 5.71. The number of carbonyl (C=O) groups excluding carboxylic acids is 1. The highest BCUT2D eigenvalue weighted by atomic mass is 16.5. The van der Waals surface area contributed by atoms with Crippen LogP contribution in [0, 0.1) is 0 Å². The Kier molecular flexibility index (Phi) is 6.48. The van der Waals surface area contributed by atoms with E-state index in [0.717, 1.165) is 23.5 Å². The van der Waals surface area contributed by atoms with E-state index in [2.05, 4.69) is 12.2 Å². The van der Waals surface area contributed by atoms with Crippen molar-refractivity contribution in [2.24, 2.45) is 0 Å². The summed E-state index contributed by atoms with van der Waals surface area (Å²) in [6, 6.07) is 14.9. The molecule has 0 radical (unpaired) electrons. The molecule has 1 N–H and O–H groups in total. The average Bonchev–Trinajstić information content (AvgIpc) is 2.59. The SMILES string of the molecule is CCCOc1ccc(C(=O)NCc2ccccc2OCC)cc1. The number of nitrogens with one attached hydrogen (secondary N) is 1. The number of rotatable bonds is 8. The monoisotopic (exact) mass is 313 g/mol. The Hall–Kier alpha value is -2.49. The summed E-state index contributed by atoms with van der Waals surface area (Å²) in [4.78, 5) is 12.2. The molecule has 0 aromatic heterocycles. The summed E-state index contributed by atoms with van der Waals surface area (Å²) in [5.74, 6) is 1.47. The van der Waals surface area contributed by atoms with Crippen molar-refractivity contribution in [1.29, 1.82) is 0 Å². The van der Waals surface area contributed by atoms with Crippen molar-refractivity contribution in [3.05, 3.63) is 59.7 Å². The fraction of sp³-hybridized carbons (Fsp3) is 0.316. The number of ether oxygens (including phenoxy) is 2. The van der Waals surface area contributed by atoms with Crippen LogP contribution in [-0.4, -0.2) is 19.1 Å². The highest BCUT2D eigenvalue weighted by Gasteiger charge is 2.08. The molecule has 2 aromatic carbocycles. The molecule has 0 aliphatic heterocycles. The Labute approximate surface area is 137 Å². The van der Waals surface area contributed by atoms with Gasteiger partial charge in [-0.1, -0.05) is 25.1 Å². The maximum atomic E-state index is 12.2. The summed E-state index contributed by atoms with van der Waals surface area (Å²) in [7, 11) is 0. The quantitative estimate of drug-likeness (QED) is 0.806. The van der Waals surface area contributed by atoms with Gasteiger partial charge in [0.2, 0.25) is 0 Å². The van der Waals surface area contributed by atoms with E-state index in [1.165, 1.54) is 0 Å². The summed E-state index contributed by atoms with van der Waals surface area (Å²) in [5, 5.41) is 2.92. The van der Waals surface area contributed by atoms with Gasteiger partial charge in [0.1, 0.15) is 11.5 Å². The summed E-state index contributed by atoms with van der Waals surface area (Å²) in [6.07, 6.45) is 0.960. The molecule has 4 heteroatoms. The molecule has 0 aliphatic rings. The van der Waals surface area contributed by atoms with E-state index >= 15 is 0 Å². The Bertz CT molecular complexity index is 623. The van der Waals surface area contributed by atoms with E-state index in [1.54, 1.807) is 12.1 Å². The summed E-state index contributed by atoms with van der Waals surface area (Å²) >= 11 is 0. The van der Waals surface area contributed by atoms with Crippen LogP contribution in [0.3, 0.4) is 0 Å². The molecule has 0 heterocycles. The first-order chi connectivity index (χ1) is 11.2. The largest absolute Gasteiger partial charge is 0.494 e. The third-order valence-electron chi connectivity index (χ3n) is 3.30. The Balaban J connectivity index is 1.94. The van der Waals surface area contributed by atoms with E-state index in [1.807, 2.05) is 43.3 Å². The highest BCUT2D eigenvalue weighted by Crippen LogP contribution is 2.18. The molecule has 0 unspecified atom stereocenters. The van der Waals surface area contributed by atoms with Crippen molar-refractivity contribution in [2.45, 2.75) is 26.8 Å². The number of amides is 1. The molecular weight excluding hydrogens is 290 g/mol. The van der Waals surface area contributed by atoms with Crippen LogP contribution in [0.15, 0.2) is 48.5 Å². The van der Waals surface area contributed by atoms with Crippen LogP contribution in [0.25, 0.3) is 0 Å². The van der Waals surface area contributed by atoms with Crippen LogP contribution in [-0.2, 0) is 6.54 Å². The van der Waals surface area contributed by atoms with Crippen LogP contribution in [0.4, 0.5) is 0 Å². The highest BCUT2D eigenvalue weighted by molar-refractivity contribution is 5.94. The van der Waals surface area contributed by atoms with Gasteiger partial charge in [-0.3, -0.25) is 4.79 Å². The van der Waals surface area contributed by atoms with Crippen molar-refractivity contribution in [2.75, 3.05) is 13.2 Å². The van der Waals surface area contributed by atoms with Crippen LogP contribution in [0.1, 0.15) is 36.2 Å². The molecule has 2 aromatic rings. The van der Waals surface area contributed by atoms with Gasteiger partial charge in [-0.05, 0) is 43.7 Å². The van der Waals surface area contributed by atoms with Gasteiger partial charge in [0, 0.05) is 17.7 Å². The van der Waals surface area contributed by atoms with Crippen LogP contribution >= 0.6 is 0 Å². The molecule has 1 amide bonds. The molecule has 4 nitrogen and oxygen atoms in total. The van der Waals surface area contributed by atoms with Gasteiger partial charge in [-0.15, -0.1) is 0 Å². The minimum absolute atomic E-state index is 0.113. The van der Waals surface area contributed by atoms with E-state index in [-0.39, 0.29) is 5.91 Å². The molecule has 0 saturated heterocycles. The van der Waals surface area contributed by atoms with Crippen LogP contribution < -0.4 is 14.8 Å². The zero-order valence-corrected chi connectivity index (χ0v) is 13.7. The average molecular weight is 313 g/mol. The lowest BCUT2D eigenvalue weighted by atomic mass is 10.1. The maximum absolute atomic E-state index is 12.2. The normalized spacial score (nSPS) is 10.2. The second kappa shape index (κ2) is 8.83. The number of hydrogen-bond donors (Lipinski definition) is 1. The molecule has 0 atom stereocenters. The minimum atomic E-state index is -0.113. The number of para-hydroxylation sites is 1. The molecule has 0 fully saturated rings. The lowest BCUT2D eigenvalue weighted by Gasteiger charge is -2.11. The van der Waals surface area contributed by atoms with Gasteiger partial charge in [-0.2, -0.15) is 0 Å². The van der Waals surface area contributed by atoms with E-state index in [0.29, 0.717) is 25.3 Å². The van der Waals surface area contributed by atoms with Gasteiger partial charge in [0.25, 0.3) is 5.91 Å². The lowest BCUT2D eigenvalue weighted by Crippen LogP contribution is -2.23. The summed E-state index contributed by atoms with van der Waals surface area (Å²) in [5.41, 5.74) is 1.58.